The van der Waals surface area contributed by atoms with Crippen molar-refractivity contribution in [2.24, 2.45) is 0 Å². The van der Waals surface area contributed by atoms with E-state index in [1.807, 2.05) is 24.3 Å². The van der Waals surface area contributed by atoms with Gasteiger partial charge in [-0.3, -0.25) is 4.79 Å². The molecule has 0 spiro atoms. The SMILES string of the molecule is O=c1[nH]c2ccccc2nc1CI. The van der Waals surface area contributed by atoms with Crippen molar-refractivity contribution < 1.29 is 0 Å². The van der Waals surface area contributed by atoms with Crippen molar-refractivity contribution in [2.45, 2.75) is 4.43 Å². The molecule has 13 heavy (non-hydrogen) atoms. The van der Waals surface area contributed by atoms with Gasteiger partial charge in [-0.25, -0.2) is 4.98 Å². The van der Waals surface area contributed by atoms with Crippen molar-refractivity contribution in [3.05, 3.63) is 40.3 Å². The molecule has 1 aromatic heterocycles. The third kappa shape index (κ3) is 1.58. The second-order valence-electron chi connectivity index (χ2n) is 2.66. The lowest BCUT2D eigenvalue weighted by Crippen LogP contribution is -2.13. The maximum atomic E-state index is 11.3. The number of hydrogen-bond acceptors (Lipinski definition) is 2. The van der Waals surface area contributed by atoms with Crippen molar-refractivity contribution >= 4 is 33.6 Å². The number of nitrogens with one attached hydrogen (secondary N) is 1. The molecule has 1 heterocycles. The monoisotopic (exact) mass is 286 g/mol. The molecule has 0 fully saturated rings. The van der Waals surface area contributed by atoms with Crippen LogP contribution in [-0.2, 0) is 4.43 Å². The van der Waals surface area contributed by atoms with E-state index >= 15 is 0 Å². The van der Waals surface area contributed by atoms with Gasteiger partial charge in [0.05, 0.1) is 11.0 Å². The summed E-state index contributed by atoms with van der Waals surface area (Å²) in [5.41, 5.74) is 2.13. The summed E-state index contributed by atoms with van der Waals surface area (Å²) in [6.07, 6.45) is 0. The Labute approximate surface area is 88.3 Å². The van der Waals surface area contributed by atoms with Crippen LogP contribution in [0.5, 0.6) is 0 Å². The van der Waals surface area contributed by atoms with Crippen LogP contribution in [0.1, 0.15) is 5.69 Å². The van der Waals surface area contributed by atoms with E-state index in [0.717, 1.165) is 11.0 Å². The summed E-state index contributed by atoms with van der Waals surface area (Å²) in [5, 5.41) is 0. The van der Waals surface area contributed by atoms with E-state index < -0.39 is 0 Å². The molecular weight excluding hydrogens is 279 g/mol. The first-order chi connectivity index (χ1) is 6.31. The number of rotatable bonds is 1. The molecule has 0 saturated heterocycles. The molecule has 66 valence electrons. The van der Waals surface area contributed by atoms with Crippen molar-refractivity contribution in [1.29, 1.82) is 0 Å². The third-order valence-electron chi connectivity index (χ3n) is 1.80. The zero-order valence-corrected chi connectivity index (χ0v) is 8.91. The minimum Gasteiger partial charge on any atom is -0.319 e. The highest BCUT2D eigenvalue weighted by atomic mass is 127. The van der Waals surface area contributed by atoms with E-state index in [2.05, 4.69) is 32.6 Å². The zero-order chi connectivity index (χ0) is 9.26. The van der Waals surface area contributed by atoms with Gasteiger partial charge in [0.2, 0.25) is 0 Å². The van der Waals surface area contributed by atoms with Gasteiger partial charge in [0.1, 0.15) is 5.69 Å². The van der Waals surface area contributed by atoms with Gasteiger partial charge < -0.3 is 4.98 Å². The molecule has 0 aliphatic rings. The quantitative estimate of drug-likeness (QED) is 0.642. The number of benzene rings is 1. The number of H-pyrrole nitrogens is 1. The van der Waals surface area contributed by atoms with E-state index in [9.17, 15) is 4.79 Å². The molecule has 0 bridgehead atoms. The molecule has 1 N–H and O–H groups in total. The average Bonchev–Trinajstić information content (AvgIpc) is 2.17. The average molecular weight is 286 g/mol. The lowest BCUT2D eigenvalue weighted by atomic mass is 10.3. The normalized spacial score (nSPS) is 10.5. The largest absolute Gasteiger partial charge is 0.319 e. The zero-order valence-electron chi connectivity index (χ0n) is 6.75. The number of nitrogens with zero attached hydrogens (tertiary/aromatic N) is 1. The molecule has 0 atom stereocenters. The molecule has 2 aromatic rings. The smallest absolute Gasteiger partial charge is 0.270 e. The number of aromatic nitrogens is 2. The molecule has 0 unspecified atom stereocenters. The molecule has 3 nitrogen and oxygen atoms in total. The summed E-state index contributed by atoms with van der Waals surface area (Å²) in [6.45, 7) is 0. The van der Waals surface area contributed by atoms with E-state index in [1.165, 1.54) is 0 Å². The van der Waals surface area contributed by atoms with Crippen molar-refractivity contribution in [1.82, 2.24) is 9.97 Å². The molecule has 4 heteroatoms. The lowest BCUT2D eigenvalue weighted by molar-refractivity contribution is 1.12. The maximum Gasteiger partial charge on any atom is 0.270 e. The molecule has 0 aliphatic carbocycles. The van der Waals surface area contributed by atoms with Crippen LogP contribution < -0.4 is 5.56 Å². The van der Waals surface area contributed by atoms with Gasteiger partial charge >= 0.3 is 0 Å². The van der Waals surface area contributed by atoms with Crippen molar-refractivity contribution in [3.63, 3.8) is 0 Å². The number of alkyl halides is 1. The van der Waals surface area contributed by atoms with E-state index in [1.54, 1.807) is 0 Å². The lowest BCUT2D eigenvalue weighted by Gasteiger charge is -1.98. The number of halogens is 1. The number of para-hydroxylation sites is 2. The Kier molecular flexibility index (Phi) is 2.30. The van der Waals surface area contributed by atoms with Gasteiger partial charge in [-0.05, 0) is 12.1 Å². The van der Waals surface area contributed by atoms with Crippen LogP contribution in [-0.4, -0.2) is 9.97 Å². The van der Waals surface area contributed by atoms with Crippen LogP contribution in [0.15, 0.2) is 29.1 Å². The molecule has 0 saturated carbocycles. The second-order valence-corrected chi connectivity index (χ2v) is 3.43. The Morgan fingerprint density at radius 3 is 2.92 bits per heavy atom. The van der Waals surface area contributed by atoms with E-state index in [0.29, 0.717) is 10.1 Å². The predicted octanol–water partition coefficient (Wildman–Crippen LogP) is 1.86. The van der Waals surface area contributed by atoms with Gasteiger partial charge in [-0.1, -0.05) is 34.7 Å². The highest BCUT2D eigenvalue weighted by Gasteiger charge is 2.01. The van der Waals surface area contributed by atoms with E-state index in [-0.39, 0.29) is 5.56 Å². The number of aromatic amines is 1. The summed E-state index contributed by atoms with van der Waals surface area (Å²) >= 11 is 2.13. The topological polar surface area (TPSA) is 45.8 Å². The fourth-order valence-electron chi connectivity index (χ4n) is 1.16. The van der Waals surface area contributed by atoms with Gasteiger partial charge in [0, 0.05) is 4.43 Å². The Balaban J connectivity index is 2.81. The van der Waals surface area contributed by atoms with Gasteiger partial charge in [-0.2, -0.15) is 0 Å². The van der Waals surface area contributed by atoms with Crippen LogP contribution in [0.25, 0.3) is 11.0 Å². The fraction of sp³-hybridized carbons (Fsp3) is 0.111. The molecule has 2 rings (SSSR count). The minimum atomic E-state index is -0.0897. The van der Waals surface area contributed by atoms with Crippen LogP contribution in [0, 0.1) is 0 Å². The molecule has 1 aromatic carbocycles. The summed E-state index contributed by atoms with van der Waals surface area (Å²) in [7, 11) is 0. The first-order valence-corrected chi connectivity index (χ1v) is 5.38. The molecule has 0 amide bonds. The summed E-state index contributed by atoms with van der Waals surface area (Å²) in [5.74, 6) is 0. The number of fused-ring (bicyclic) bond motifs is 1. The van der Waals surface area contributed by atoms with Crippen LogP contribution in [0.4, 0.5) is 0 Å². The summed E-state index contributed by atoms with van der Waals surface area (Å²) in [6, 6.07) is 7.52. The molecule has 0 radical (unpaired) electrons. The van der Waals surface area contributed by atoms with Crippen molar-refractivity contribution in [3.8, 4) is 0 Å². The van der Waals surface area contributed by atoms with E-state index in [4.69, 9.17) is 0 Å². The highest BCUT2D eigenvalue weighted by Crippen LogP contribution is 2.07. The Morgan fingerprint density at radius 2 is 2.15 bits per heavy atom. The van der Waals surface area contributed by atoms with Gasteiger partial charge in [0.15, 0.2) is 0 Å². The summed E-state index contributed by atoms with van der Waals surface area (Å²) < 4.78 is 0.637. The van der Waals surface area contributed by atoms with Crippen LogP contribution in [0.3, 0.4) is 0 Å². The van der Waals surface area contributed by atoms with Crippen molar-refractivity contribution in [2.75, 3.05) is 0 Å². The standard InChI is InChI=1S/C9H7IN2O/c10-5-8-9(13)12-7-4-2-1-3-6(7)11-8/h1-4H,5H2,(H,12,13). The summed E-state index contributed by atoms with van der Waals surface area (Å²) in [4.78, 5) is 18.4. The van der Waals surface area contributed by atoms with Crippen LogP contribution >= 0.6 is 22.6 Å². The molecular formula is C9H7IN2O. The van der Waals surface area contributed by atoms with Crippen LogP contribution in [0.2, 0.25) is 0 Å². The Hall–Kier alpha value is -0.910. The molecule has 0 aliphatic heterocycles. The second kappa shape index (κ2) is 3.45. The predicted molar refractivity (Wildman–Crippen MR) is 60.1 cm³/mol. The third-order valence-corrected chi connectivity index (χ3v) is 2.52. The Bertz CT molecular complexity index is 492. The Morgan fingerprint density at radius 1 is 1.38 bits per heavy atom. The highest BCUT2D eigenvalue weighted by molar-refractivity contribution is 14.1. The maximum absolute atomic E-state index is 11.3. The van der Waals surface area contributed by atoms with Gasteiger partial charge in [-0.15, -0.1) is 0 Å². The van der Waals surface area contributed by atoms with Gasteiger partial charge in [0.25, 0.3) is 5.56 Å². The first kappa shape index (κ1) is 8.68. The minimum absolute atomic E-state index is 0.0897. The fourth-order valence-corrected chi connectivity index (χ4v) is 1.67. The first-order valence-electron chi connectivity index (χ1n) is 3.85. The number of hydrogen-bond donors (Lipinski definition) is 1.